The highest BCUT2D eigenvalue weighted by atomic mass is 16.1. The number of hydrogen-bond donors (Lipinski definition) is 2. The van der Waals surface area contributed by atoms with Crippen molar-refractivity contribution in [1.29, 1.82) is 0 Å². The largest absolute Gasteiger partial charge is 0.350 e. The molecule has 1 aromatic carbocycles. The number of piperidine rings is 1. The van der Waals surface area contributed by atoms with Crippen LogP contribution < -0.4 is 5.32 Å². The van der Waals surface area contributed by atoms with Gasteiger partial charge in [-0.1, -0.05) is 30.7 Å². The number of imidazole rings is 1. The molecule has 1 amide bonds. The first-order valence-electron chi connectivity index (χ1n) is 9.84. The van der Waals surface area contributed by atoms with E-state index in [-0.39, 0.29) is 11.9 Å². The number of aromatic amines is 1. The van der Waals surface area contributed by atoms with Gasteiger partial charge in [0.05, 0.1) is 11.6 Å². The van der Waals surface area contributed by atoms with Gasteiger partial charge in [0.2, 0.25) is 0 Å². The monoisotopic (exact) mass is 375 g/mol. The Labute approximate surface area is 165 Å². The smallest absolute Gasteiger partial charge is 0.252 e. The summed E-state index contributed by atoms with van der Waals surface area (Å²) in [7, 11) is 0. The molecule has 0 bridgehead atoms. The molecule has 6 heteroatoms. The van der Waals surface area contributed by atoms with Crippen molar-refractivity contribution in [3.63, 3.8) is 0 Å². The molecule has 0 saturated carbocycles. The van der Waals surface area contributed by atoms with Crippen LogP contribution in [-0.2, 0) is 0 Å². The molecule has 1 aliphatic rings. The van der Waals surface area contributed by atoms with E-state index in [0.29, 0.717) is 17.9 Å². The molecule has 2 N–H and O–H groups in total. The van der Waals surface area contributed by atoms with E-state index >= 15 is 0 Å². The Kier molecular flexibility index (Phi) is 5.77. The van der Waals surface area contributed by atoms with Gasteiger partial charge >= 0.3 is 0 Å². The second-order valence-corrected chi connectivity index (χ2v) is 7.09. The average Bonchev–Trinajstić information content (AvgIpc) is 3.30. The molecule has 1 saturated heterocycles. The number of benzene rings is 1. The van der Waals surface area contributed by atoms with Gasteiger partial charge in [-0.2, -0.15) is 0 Å². The van der Waals surface area contributed by atoms with E-state index in [0.717, 1.165) is 24.2 Å². The summed E-state index contributed by atoms with van der Waals surface area (Å²) in [5.74, 6) is 0.614. The Hall–Kier alpha value is -2.99. The van der Waals surface area contributed by atoms with Crippen molar-refractivity contribution in [2.75, 3.05) is 19.6 Å². The van der Waals surface area contributed by atoms with E-state index in [9.17, 15) is 4.79 Å². The summed E-state index contributed by atoms with van der Waals surface area (Å²) >= 11 is 0. The molecule has 28 heavy (non-hydrogen) atoms. The van der Waals surface area contributed by atoms with Crippen LogP contribution >= 0.6 is 0 Å². The van der Waals surface area contributed by atoms with Gasteiger partial charge in [-0.25, -0.2) is 4.98 Å². The predicted molar refractivity (Wildman–Crippen MR) is 109 cm³/mol. The lowest BCUT2D eigenvalue weighted by molar-refractivity contribution is 0.0925. The van der Waals surface area contributed by atoms with Crippen LogP contribution in [-0.4, -0.2) is 45.4 Å². The van der Waals surface area contributed by atoms with E-state index in [1.165, 1.54) is 19.3 Å². The zero-order chi connectivity index (χ0) is 19.2. The summed E-state index contributed by atoms with van der Waals surface area (Å²) < 4.78 is 0. The zero-order valence-corrected chi connectivity index (χ0v) is 15.8. The number of aromatic nitrogens is 3. The first-order chi connectivity index (χ1) is 13.8. The van der Waals surface area contributed by atoms with Crippen LogP contribution in [0, 0.1) is 0 Å². The average molecular weight is 375 g/mol. The van der Waals surface area contributed by atoms with Gasteiger partial charge in [0.25, 0.3) is 5.91 Å². The molecule has 0 aliphatic carbocycles. The maximum absolute atomic E-state index is 13.0. The number of carbonyl (C=O) groups excluding carboxylic acids is 1. The second kappa shape index (κ2) is 8.80. The number of likely N-dealkylation sites (tertiary alicyclic amines) is 1. The standard InChI is InChI=1S/C22H25N5O/c28-22(19-9-3-2-8-18(19)21-24-11-12-25-21)26-16-20(17-7-6-10-23-15-17)27-13-4-1-5-14-27/h2-3,6-12,15,20H,1,4-5,13-14,16H2,(H,24,25)(H,26,28). The van der Waals surface area contributed by atoms with Crippen molar-refractivity contribution in [1.82, 2.24) is 25.2 Å². The Morgan fingerprint density at radius 1 is 1.11 bits per heavy atom. The van der Waals surface area contributed by atoms with Crippen LogP contribution in [0.4, 0.5) is 0 Å². The van der Waals surface area contributed by atoms with Gasteiger partial charge < -0.3 is 10.3 Å². The zero-order valence-electron chi connectivity index (χ0n) is 15.8. The third-order valence-electron chi connectivity index (χ3n) is 5.28. The van der Waals surface area contributed by atoms with Crippen molar-refractivity contribution in [3.05, 3.63) is 72.3 Å². The molecule has 1 unspecified atom stereocenters. The number of nitrogens with zero attached hydrogens (tertiary/aromatic N) is 3. The van der Waals surface area contributed by atoms with Gasteiger partial charge in [-0.3, -0.25) is 14.7 Å². The predicted octanol–water partition coefficient (Wildman–Crippen LogP) is 3.43. The number of H-pyrrole nitrogens is 1. The summed E-state index contributed by atoms with van der Waals surface area (Å²) in [5.41, 5.74) is 2.57. The molecule has 144 valence electrons. The first kappa shape index (κ1) is 18.4. The quantitative estimate of drug-likeness (QED) is 0.692. The van der Waals surface area contributed by atoms with Gasteiger partial charge in [0.1, 0.15) is 5.82 Å². The number of nitrogens with one attached hydrogen (secondary N) is 2. The minimum atomic E-state index is -0.0853. The summed E-state index contributed by atoms with van der Waals surface area (Å²) in [6.07, 6.45) is 10.8. The molecule has 2 aromatic heterocycles. The number of carbonyl (C=O) groups is 1. The van der Waals surface area contributed by atoms with Crippen LogP contribution in [0.25, 0.3) is 11.4 Å². The molecule has 3 heterocycles. The molecule has 1 fully saturated rings. The van der Waals surface area contributed by atoms with E-state index in [4.69, 9.17) is 0 Å². The lowest BCUT2D eigenvalue weighted by Gasteiger charge is -2.34. The fourth-order valence-electron chi connectivity index (χ4n) is 3.85. The lowest BCUT2D eigenvalue weighted by Crippen LogP contribution is -2.40. The van der Waals surface area contributed by atoms with Crippen molar-refractivity contribution in [2.24, 2.45) is 0 Å². The third kappa shape index (κ3) is 4.12. The minimum Gasteiger partial charge on any atom is -0.350 e. The van der Waals surface area contributed by atoms with Crippen LogP contribution in [0.5, 0.6) is 0 Å². The molecule has 3 aromatic rings. The van der Waals surface area contributed by atoms with Crippen molar-refractivity contribution in [3.8, 4) is 11.4 Å². The topological polar surface area (TPSA) is 73.9 Å². The van der Waals surface area contributed by atoms with Gasteiger partial charge in [0, 0.05) is 36.9 Å². The molecule has 6 nitrogen and oxygen atoms in total. The van der Waals surface area contributed by atoms with Gasteiger partial charge in [-0.15, -0.1) is 0 Å². The Morgan fingerprint density at radius 3 is 2.71 bits per heavy atom. The SMILES string of the molecule is O=C(NCC(c1cccnc1)N1CCCCC1)c1ccccc1-c1ncc[nH]1. The number of amides is 1. The van der Waals surface area contributed by atoms with Crippen LogP contribution in [0.2, 0.25) is 0 Å². The van der Waals surface area contributed by atoms with E-state index < -0.39 is 0 Å². The van der Waals surface area contributed by atoms with Crippen LogP contribution in [0.1, 0.15) is 41.2 Å². The van der Waals surface area contributed by atoms with Crippen molar-refractivity contribution >= 4 is 5.91 Å². The van der Waals surface area contributed by atoms with E-state index in [1.807, 2.05) is 36.5 Å². The maximum atomic E-state index is 13.0. The highest BCUT2D eigenvalue weighted by molar-refractivity contribution is 6.00. The fourth-order valence-corrected chi connectivity index (χ4v) is 3.85. The molecular weight excluding hydrogens is 350 g/mol. The fraction of sp³-hybridized carbons (Fsp3) is 0.318. The summed E-state index contributed by atoms with van der Waals surface area (Å²) in [6, 6.07) is 11.7. The Morgan fingerprint density at radius 2 is 1.96 bits per heavy atom. The third-order valence-corrected chi connectivity index (χ3v) is 5.28. The minimum absolute atomic E-state index is 0.0853. The van der Waals surface area contributed by atoms with E-state index in [2.05, 4.69) is 31.2 Å². The number of rotatable bonds is 6. The lowest BCUT2D eigenvalue weighted by atomic mass is 10.0. The van der Waals surface area contributed by atoms with E-state index in [1.54, 1.807) is 18.6 Å². The number of pyridine rings is 1. The van der Waals surface area contributed by atoms with Crippen LogP contribution in [0.3, 0.4) is 0 Å². The molecule has 4 rings (SSSR count). The van der Waals surface area contributed by atoms with Crippen molar-refractivity contribution < 1.29 is 4.79 Å². The summed E-state index contributed by atoms with van der Waals surface area (Å²) in [6.45, 7) is 2.66. The molecule has 0 spiro atoms. The van der Waals surface area contributed by atoms with Crippen LogP contribution in [0.15, 0.2) is 61.2 Å². The van der Waals surface area contributed by atoms with Gasteiger partial charge in [-0.05, 0) is 43.6 Å². The molecule has 0 radical (unpaired) electrons. The maximum Gasteiger partial charge on any atom is 0.252 e. The molecule has 1 atom stereocenters. The highest BCUT2D eigenvalue weighted by Crippen LogP contribution is 2.24. The Balaban J connectivity index is 1.52. The first-order valence-corrected chi connectivity index (χ1v) is 9.84. The summed E-state index contributed by atoms with van der Waals surface area (Å²) in [5, 5.41) is 3.15. The Bertz CT molecular complexity index is 888. The second-order valence-electron chi connectivity index (χ2n) is 7.09. The normalized spacial score (nSPS) is 15.9. The summed E-state index contributed by atoms with van der Waals surface area (Å²) in [4.78, 5) is 27.1. The highest BCUT2D eigenvalue weighted by Gasteiger charge is 2.24. The molecular formula is C22H25N5O. The number of hydrogen-bond acceptors (Lipinski definition) is 4. The van der Waals surface area contributed by atoms with Crippen molar-refractivity contribution in [2.45, 2.75) is 25.3 Å². The van der Waals surface area contributed by atoms with Gasteiger partial charge in [0.15, 0.2) is 0 Å². The molecule has 1 aliphatic heterocycles.